The van der Waals surface area contributed by atoms with E-state index in [4.69, 9.17) is 14.2 Å². The van der Waals surface area contributed by atoms with E-state index in [2.05, 4.69) is 0 Å². The van der Waals surface area contributed by atoms with Gasteiger partial charge in [-0.05, 0) is 12.1 Å². The van der Waals surface area contributed by atoms with Crippen molar-refractivity contribution in [3.05, 3.63) is 24.3 Å². The molecule has 0 saturated heterocycles. The number of methoxy groups -OCH3 is 1. The van der Waals surface area contributed by atoms with Crippen LogP contribution >= 0.6 is 0 Å². The van der Waals surface area contributed by atoms with E-state index in [1.165, 1.54) is 12.1 Å². The molecule has 1 aromatic rings. The second kappa shape index (κ2) is 7.28. The van der Waals surface area contributed by atoms with Crippen LogP contribution in [-0.2, 0) is 9.47 Å². The van der Waals surface area contributed by atoms with Gasteiger partial charge >= 0.3 is 6.98 Å². The molecule has 7 heteroatoms. The van der Waals surface area contributed by atoms with Gasteiger partial charge in [0.2, 0.25) is 0 Å². The van der Waals surface area contributed by atoms with E-state index in [0.29, 0.717) is 32.2 Å². The topological polar surface area (TPSA) is 27.7 Å². The van der Waals surface area contributed by atoms with Gasteiger partial charge in [-0.3, -0.25) is 0 Å². The molecule has 0 aliphatic carbocycles. The summed E-state index contributed by atoms with van der Waals surface area (Å²) in [6.45, 7) is -3.31. The van der Waals surface area contributed by atoms with Crippen LogP contribution in [0.3, 0.4) is 0 Å². The zero-order valence-corrected chi connectivity index (χ0v) is 10.1. The van der Waals surface area contributed by atoms with Crippen molar-refractivity contribution >= 4 is 12.4 Å². The minimum absolute atomic E-state index is 0.292. The lowest BCUT2D eigenvalue weighted by molar-refractivity contribution is 0.0544. The molecule has 0 aliphatic rings. The fraction of sp³-hybridized carbons (Fsp3) is 0.455. The Kier molecular flexibility index (Phi) is 6.01. The van der Waals surface area contributed by atoms with E-state index >= 15 is 0 Å². The molecule has 0 atom stereocenters. The van der Waals surface area contributed by atoms with E-state index < -0.39 is 12.4 Å². The highest BCUT2D eigenvalue weighted by atomic mass is 19.4. The van der Waals surface area contributed by atoms with Crippen LogP contribution in [0.1, 0.15) is 0 Å². The molecule has 0 aliphatic heterocycles. The number of rotatable bonds is 8. The van der Waals surface area contributed by atoms with Crippen molar-refractivity contribution in [2.45, 2.75) is 0 Å². The molecule has 0 bridgehead atoms. The van der Waals surface area contributed by atoms with Gasteiger partial charge in [0, 0.05) is 7.11 Å². The van der Waals surface area contributed by atoms with E-state index in [1.54, 1.807) is 7.11 Å². The van der Waals surface area contributed by atoms with Crippen molar-refractivity contribution < 1.29 is 27.2 Å². The van der Waals surface area contributed by atoms with E-state index in [0.717, 1.165) is 12.1 Å². The molecule has 0 N–H and O–H groups in total. The van der Waals surface area contributed by atoms with Crippen LogP contribution in [0.15, 0.2) is 24.3 Å². The van der Waals surface area contributed by atoms with Crippen molar-refractivity contribution in [1.29, 1.82) is 0 Å². The lowest BCUT2D eigenvalue weighted by Crippen LogP contribution is -2.33. The van der Waals surface area contributed by atoms with Crippen LogP contribution < -0.4 is 10.2 Å². The summed E-state index contributed by atoms with van der Waals surface area (Å²) >= 11 is 0. The van der Waals surface area contributed by atoms with Gasteiger partial charge in [0.1, 0.15) is 12.4 Å². The molecule has 0 unspecified atom stereocenters. The minimum atomic E-state index is -4.94. The molecule has 3 nitrogen and oxygen atoms in total. The summed E-state index contributed by atoms with van der Waals surface area (Å²) in [6, 6.07) is 4.64. The van der Waals surface area contributed by atoms with Crippen LogP contribution in [0.5, 0.6) is 5.75 Å². The van der Waals surface area contributed by atoms with Crippen molar-refractivity contribution in [1.82, 2.24) is 0 Å². The third kappa shape index (κ3) is 5.42. The average Bonchev–Trinajstić information content (AvgIpc) is 2.33. The lowest BCUT2D eigenvalue weighted by Gasteiger charge is -2.15. The van der Waals surface area contributed by atoms with Crippen LogP contribution in [-0.4, -0.2) is 40.5 Å². The second-order valence-electron chi connectivity index (χ2n) is 3.60. The van der Waals surface area contributed by atoms with Gasteiger partial charge in [-0.25, -0.2) is 0 Å². The lowest BCUT2D eigenvalue weighted by atomic mass is 9.80. The van der Waals surface area contributed by atoms with E-state index in [1.807, 2.05) is 0 Å². The highest BCUT2D eigenvalue weighted by molar-refractivity contribution is 6.73. The molecule has 0 amide bonds. The first kappa shape index (κ1) is 14.9. The first-order valence-electron chi connectivity index (χ1n) is 5.53. The summed E-state index contributed by atoms with van der Waals surface area (Å²) in [5.74, 6) is 0.397. The Bertz CT molecular complexity index is 340. The highest BCUT2D eigenvalue weighted by Gasteiger charge is 2.24. The summed E-state index contributed by atoms with van der Waals surface area (Å²) in [6.07, 6.45) is 0. The van der Waals surface area contributed by atoms with Crippen LogP contribution in [0, 0.1) is 0 Å². The summed E-state index contributed by atoms with van der Waals surface area (Å²) in [4.78, 5) is 0. The van der Waals surface area contributed by atoms with Crippen LogP contribution in [0.4, 0.5) is 12.9 Å². The normalized spacial score (nSPS) is 11.6. The third-order valence-corrected chi connectivity index (χ3v) is 2.19. The van der Waals surface area contributed by atoms with E-state index in [-0.39, 0.29) is 0 Å². The average molecular weight is 263 g/mol. The fourth-order valence-electron chi connectivity index (χ4n) is 1.25. The smallest absolute Gasteiger partial charge is 0.491 e. The Hall–Kier alpha value is -1.21. The van der Waals surface area contributed by atoms with Crippen molar-refractivity contribution in [3.63, 3.8) is 0 Å². The molecular formula is C11H15BF3O3-. The molecule has 0 saturated carbocycles. The van der Waals surface area contributed by atoms with Gasteiger partial charge in [-0.15, -0.1) is 5.46 Å². The molecule has 18 heavy (non-hydrogen) atoms. The predicted molar refractivity (Wildman–Crippen MR) is 63.3 cm³/mol. The molecule has 0 aromatic heterocycles. The zero-order chi connectivity index (χ0) is 13.4. The SMILES string of the molecule is COCCOCCOc1ccc([B-](F)(F)F)cc1. The highest BCUT2D eigenvalue weighted by Crippen LogP contribution is 2.13. The summed E-state index contributed by atoms with van der Waals surface area (Å²) in [5, 5.41) is 0. The largest absolute Gasteiger partial charge is 0.509 e. The van der Waals surface area contributed by atoms with Gasteiger partial charge in [0.05, 0.1) is 19.8 Å². The maximum Gasteiger partial charge on any atom is 0.509 e. The number of halogens is 3. The molecule has 0 spiro atoms. The Morgan fingerprint density at radius 2 is 1.56 bits per heavy atom. The Morgan fingerprint density at radius 3 is 2.11 bits per heavy atom. The number of ether oxygens (including phenoxy) is 3. The molecule has 1 aromatic carbocycles. The zero-order valence-electron chi connectivity index (χ0n) is 10.1. The van der Waals surface area contributed by atoms with Crippen LogP contribution in [0.25, 0.3) is 0 Å². The van der Waals surface area contributed by atoms with Crippen molar-refractivity contribution in [3.8, 4) is 5.75 Å². The first-order chi connectivity index (χ1) is 8.54. The molecule has 0 radical (unpaired) electrons. The van der Waals surface area contributed by atoms with Gasteiger partial charge in [-0.2, -0.15) is 0 Å². The number of hydrogen-bond donors (Lipinski definition) is 0. The maximum absolute atomic E-state index is 12.3. The number of benzene rings is 1. The third-order valence-electron chi connectivity index (χ3n) is 2.19. The molecule has 102 valence electrons. The van der Waals surface area contributed by atoms with Gasteiger partial charge in [-0.1, -0.05) is 12.1 Å². The minimum Gasteiger partial charge on any atom is -0.491 e. The monoisotopic (exact) mass is 263 g/mol. The quantitative estimate of drug-likeness (QED) is 0.528. The van der Waals surface area contributed by atoms with Gasteiger partial charge in [0.25, 0.3) is 0 Å². The Morgan fingerprint density at radius 1 is 0.944 bits per heavy atom. The first-order valence-corrected chi connectivity index (χ1v) is 5.53. The van der Waals surface area contributed by atoms with Gasteiger partial charge < -0.3 is 27.2 Å². The van der Waals surface area contributed by atoms with Crippen molar-refractivity contribution in [2.24, 2.45) is 0 Å². The molecule has 0 heterocycles. The molecular weight excluding hydrogens is 248 g/mol. The summed E-state index contributed by atoms with van der Waals surface area (Å²) in [5.41, 5.74) is -0.626. The Labute approximate surface area is 104 Å². The van der Waals surface area contributed by atoms with Gasteiger partial charge in [0.15, 0.2) is 0 Å². The van der Waals surface area contributed by atoms with E-state index in [9.17, 15) is 12.9 Å². The second-order valence-corrected chi connectivity index (χ2v) is 3.60. The predicted octanol–water partition coefficient (Wildman–Crippen LogP) is 1.78. The standard InChI is InChI=1S/C11H15BF3O3/c1-16-6-7-17-8-9-18-11-4-2-10(3-5-11)12(13,14)15/h2-5H,6-9H2,1H3/q-1. The fourth-order valence-corrected chi connectivity index (χ4v) is 1.25. The maximum atomic E-state index is 12.3. The summed E-state index contributed by atoms with van der Waals surface area (Å²) in [7, 11) is 1.57. The molecule has 0 fully saturated rings. The summed E-state index contributed by atoms with van der Waals surface area (Å²) < 4.78 is 52.2. The number of hydrogen-bond acceptors (Lipinski definition) is 3. The van der Waals surface area contributed by atoms with Crippen LogP contribution in [0.2, 0.25) is 0 Å². The molecule has 1 rings (SSSR count). The Balaban J connectivity index is 2.27. The van der Waals surface area contributed by atoms with Crippen molar-refractivity contribution in [2.75, 3.05) is 33.5 Å².